The Balaban J connectivity index is 1.68. The number of hydrogen-bond donors (Lipinski definition) is 2. The van der Waals surface area contributed by atoms with Crippen molar-refractivity contribution in [3.63, 3.8) is 0 Å². The van der Waals surface area contributed by atoms with Gasteiger partial charge in [-0.2, -0.15) is 0 Å². The lowest BCUT2D eigenvalue weighted by Gasteiger charge is -2.26. The number of likely N-dealkylation sites (tertiary alicyclic amines) is 1. The zero-order valence-electron chi connectivity index (χ0n) is 15.9. The first-order chi connectivity index (χ1) is 12.9. The van der Waals surface area contributed by atoms with Crippen LogP contribution in [0.15, 0.2) is 47.1 Å². The number of rotatable bonds is 5. The Bertz CT molecular complexity index is 819. The maximum Gasteiger partial charge on any atom is 0.251 e. The average molecular weight is 366 g/mol. The molecule has 1 saturated heterocycles. The summed E-state index contributed by atoms with van der Waals surface area (Å²) >= 11 is 0. The van der Waals surface area contributed by atoms with E-state index in [1.54, 1.807) is 38.3 Å². The average Bonchev–Trinajstić information content (AvgIpc) is 3.34. The molecule has 3 rings (SSSR count). The van der Waals surface area contributed by atoms with Crippen LogP contribution >= 0.6 is 0 Å². The van der Waals surface area contributed by atoms with Crippen LogP contribution in [0.1, 0.15) is 54.4 Å². The van der Waals surface area contributed by atoms with Crippen molar-refractivity contribution < 1.29 is 14.3 Å². The van der Waals surface area contributed by atoms with Crippen molar-refractivity contribution in [3.05, 3.63) is 59.5 Å². The molecule has 0 saturated carbocycles. The Labute approximate surface area is 160 Å². The summed E-state index contributed by atoms with van der Waals surface area (Å²) in [6.07, 6.45) is 4.02. The minimum Gasteiger partial charge on any atom is -0.468 e. The lowest BCUT2D eigenvalue weighted by Crippen LogP contribution is -2.36. The van der Waals surface area contributed by atoms with Crippen molar-refractivity contribution in [2.45, 2.75) is 38.3 Å². The summed E-state index contributed by atoms with van der Waals surface area (Å²) < 4.78 is 5.59. The molecule has 142 valence electrons. The fourth-order valence-corrected chi connectivity index (χ4v) is 3.20. The van der Waals surface area contributed by atoms with Gasteiger partial charge in [0, 0.05) is 17.7 Å². The molecule has 27 heavy (non-hydrogen) atoms. The number of furan rings is 1. The first-order valence-electron chi connectivity index (χ1n) is 9.34. The summed E-state index contributed by atoms with van der Waals surface area (Å²) in [5, 5.41) is 12.8. The minimum atomic E-state index is -1.07. The molecule has 0 aliphatic carbocycles. The monoisotopic (exact) mass is 366 g/mol. The molecule has 1 amide bonds. The summed E-state index contributed by atoms with van der Waals surface area (Å²) in [5.41, 5.74) is 0.189. The van der Waals surface area contributed by atoms with E-state index in [4.69, 9.17) is 4.42 Å². The highest BCUT2D eigenvalue weighted by Crippen LogP contribution is 2.25. The highest BCUT2D eigenvalue weighted by Gasteiger charge is 2.26. The van der Waals surface area contributed by atoms with Gasteiger partial charge in [0.25, 0.3) is 5.91 Å². The number of nitrogens with zero attached hydrogens (tertiary/aromatic N) is 1. The van der Waals surface area contributed by atoms with E-state index >= 15 is 0 Å². The number of aliphatic hydroxyl groups is 1. The Morgan fingerprint density at radius 1 is 1.30 bits per heavy atom. The van der Waals surface area contributed by atoms with Crippen LogP contribution in [-0.4, -0.2) is 41.1 Å². The molecule has 1 atom stereocenters. The van der Waals surface area contributed by atoms with E-state index in [1.165, 1.54) is 12.8 Å². The standard InChI is InChI=1S/C22H26N2O3/c1-22(2,26)11-10-17-7-5-8-18(15-17)21(25)23-16-19(20-9-6-14-27-20)24-12-3-4-13-24/h5-9,14-15,19,26H,3-4,12-13,16H2,1-2H3,(H,23,25). The van der Waals surface area contributed by atoms with Crippen molar-refractivity contribution in [2.75, 3.05) is 19.6 Å². The SMILES string of the molecule is CC(C)(O)C#Cc1cccc(C(=O)NCC(c2ccco2)N2CCCC2)c1. The molecule has 2 heterocycles. The number of benzene rings is 1. The molecule has 0 spiro atoms. The van der Waals surface area contributed by atoms with Crippen molar-refractivity contribution in [2.24, 2.45) is 0 Å². The molecular weight excluding hydrogens is 340 g/mol. The smallest absolute Gasteiger partial charge is 0.251 e. The second-order valence-corrected chi connectivity index (χ2v) is 7.37. The van der Waals surface area contributed by atoms with Gasteiger partial charge >= 0.3 is 0 Å². The van der Waals surface area contributed by atoms with Crippen LogP contribution in [0.2, 0.25) is 0 Å². The molecule has 1 aromatic carbocycles. The van der Waals surface area contributed by atoms with Gasteiger partial charge < -0.3 is 14.8 Å². The Morgan fingerprint density at radius 3 is 2.74 bits per heavy atom. The van der Waals surface area contributed by atoms with Gasteiger partial charge in [-0.3, -0.25) is 9.69 Å². The minimum absolute atomic E-state index is 0.0459. The maximum atomic E-state index is 12.6. The van der Waals surface area contributed by atoms with Gasteiger partial charge in [0.2, 0.25) is 0 Å². The molecule has 1 unspecified atom stereocenters. The van der Waals surface area contributed by atoms with Crippen molar-refractivity contribution in [1.82, 2.24) is 10.2 Å². The number of carbonyl (C=O) groups excluding carboxylic acids is 1. The van der Waals surface area contributed by atoms with Gasteiger partial charge in [-0.25, -0.2) is 0 Å². The van der Waals surface area contributed by atoms with Gasteiger partial charge in [0.05, 0.1) is 12.3 Å². The van der Waals surface area contributed by atoms with E-state index in [0.717, 1.165) is 18.8 Å². The molecule has 2 aromatic rings. The Hall–Kier alpha value is -2.55. The number of amides is 1. The fraction of sp³-hybridized carbons (Fsp3) is 0.409. The van der Waals surface area contributed by atoms with Crippen molar-refractivity contribution in [1.29, 1.82) is 0 Å². The third-order valence-electron chi connectivity index (χ3n) is 4.55. The van der Waals surface area contributed by atoms with Crippen molar-refractivity contribution in [3.8, 4) is 11.8 Å². The molecule has 0 bridgehead atoms. The molecule has 1 aliphatic heterocycles. The molecule has 1 fully saturated rings. The summed E-state index contributed by atoms with van der Waals surface area (Å²) in [7, 11) is 0. The van der Waals surface area contributed by atoms with E-state index < -0.39 is 5.60 Å². The number of hydrogen-bond acceptors (Lipinski definition) is 4. The summed E-state index contributed by atoms with van der Waals surface area (Å²) in [6, 6.07) is 11.0. The predicted octanol–water partition coefficient (Wildman–Crippen LogP) is 2.97. The van der Waals surface area contributed by atoms with E-state index in [-0.39, 0.29) is 11.9 Å². The molecular formula is C22H26N2O3. The summed E-state index contributed by atoms with van der Waals surface area (Å²) in [4.78, 5) is 15.0. The van der Waals surface area contributed by atoms with Crippen LogP contribution in [0.5, 0.6) is 0 Å². The second-order valence-electron chi connectivity index (χ2n) is 7.37. The van der Waals surface area contributed by atoms with Crippen LogP contribution < -0.4 is 5.32 Å². The van der Waals surface area contributed by atoms with Crippen LogP contribution in [0.4, 0.5) is 0 Å². The molecule has 2 N–H and O–H groups in total. The lowest BCUT2D eigenvalue weighted by atomic mass is 10.1. The van der Waals surface area contributed by atoms with Gasteiger partial charge in [0.15, 0.2) is 0 Å². The molecule has 5 heteroatoms. The highest BCUT2D eigenvalue weighted by molar-refractivity contribution is 5.94. The van der Waals surface area contributed by atoms with Crippen LogP contribution in [0.3, 0.4) is 0 Å². The Morgan fingerprint density at radius 2 is 2.07 bits per heavy atom. The summed E-state index contributed by atoms with van der Waals surface area (Å²) in [5.74, 6) is 6.41. The first-order valence-corrected chi connectivity index (χ1v) is 9.34. The zero-order chi connectivity index (χ0) is 19.3. The van der Waals surface area contributed by atoms with Crippen LogP contribution in [0, 0.1) is 11.8 Å². The van der Waals surface area contributed by atoms with Crippen LogP contribution in [0.25, 0.3) is 0 Å². The fourth-order valence-electron chi connectivity index (χ4n) is 3.20. The molecule has 1 aliphatic rings. The molecule has 0 radical (unpaired) electrons. The van der Waals surface area contributed by atoms with Gasteiger partial charge in [-0.05, 0) is 70.1 Å². The van der Waals surface area contributed by atoms with Gasteiger partial charge in [0.1, 0.15) is 11.4 Å². The van der Waals surface area contributed by atoms with Crippen LogP contribution in [-0.2, 0) is 0 Å². The van der Waals surface area contributed by atoms with E-state index in [0.29, 0.717) is 17.7 Å². The third-order valence-corrected chi connectivity index (χ3v) is 4.55. The van der Waals surface area contributed by atoms with E-state index in [2.05, 4.69) is 22.1 Å². The molecule has 5 nitrogen and oxygen atoms in total. The largest absolute Gasteiger partial charge is 0.468 e. The zero-order valence-corrected chi connectivity index (χ0v) is 15.9. The normalized spacial score (nSPS) is 15.8. The van der Waals surface area contributed by atoms with E-state index in [9.17, 15) is 9.90 Å². The predicted molar refractivity (Wildman–Crippen MR) is 104 cm³/mol. The summed E-state index contributed by atoms with van der Waals surface area (Å²) in [6.45, 7) is 5.78. The number of nitrogens with one attached hydrogen (secondary N) is 1. The first kappa shape index (κ1) is 19.2. The van der Waals surface area contributed by atoms with Crippen molar-refractivity contribution >= 4 is 5.91 Å². The maximum absolute atomic E-state index is 12.6. The van der Waals surface area contributed by atoms with Gasteiger partial charge in [-0.1, -0.05) is 17.9 Å². The third kappa shape index (κ3) is 5.46. The van der Waals surface area contributed by atoms with E-state index in [1.807, 2.05) is 18.2 Å². The topological polar surface area (TPSA) is 65.7 Å². The lowest BCUT2D eigenvalue weighted by molar-refractivity contribution is 0.0933. The second kappa shape index (κ2) is 8.43. The number of carbonyl (C=O) groups is 1. The highest BCUT2D eigenvalue weighted by atomic mass is 16.3. The van der Waals surface area contributed by atoms with Gasteiger partial charge in [-0.15, -0.1) is 0 Å². The quantitative estimate of drug-likeness (QED) is 0.799. The Kier molecular flexibility index (Phi) is 6.00. The molecule has 1 aromatic heterocycles.